The zero-order valence-corrected chi connectivity index (χ0v) is 33.3. The number of aliphatic hydroxyl groups excluding tert-OH is 1. The molecule has 0 aliphatic heterocycles. The van der Waals surface area contributed by atoms with E-state index in [-0.39, 0.29) is 33.2 Å². The molecule has 1 N–H and O–H groups in total. The molecule has 0 radical (unpaired) electrons. The molecule has 0 bridgehead atoms. The smallest absolute Gasteiger partial charge is 0.358 e. The highest BCUT2D eigenvalue weighted by atomic mass is 16.8. The number of benzene rings is 3. The quantitative estimate of drug-likeness (QED) is 0.132. The number of esters is 1. The van der Waals surface area contributed by atoms with E-state index in [1.165, 1.54) is 16.7 Å². The molecule has 282 valence electrons. The van der Waals surface area contributed by atoms with Gasteiger partial charge < -0.3 is 24.1 Å². The molecule has 6 nitrogen and oxygen atoms in total. The molecule has 2 spiro atoms. The predicted octanol–water partition coefficient (Wildman–Crippen LogP) is 10.7. The van der Waals surface area contributed by atoms with Crippen molar-refractivity contribution in [1.29, 1.82) is 0 Å². The van der Waals surface area contributed by atoms with Crippen LogP contribution in [0, 0.1) is 22.7 Å². The number of carbonyl (C=O) groups is 1. The van der Waals surface area contributed by atoms with E-state index in [1.807, 2.05) is 57.2 Å². The van der Waals surface area contributed by atoms with E-state index in [0.717, 1.165) is 43.4 Å². The second-order valence-corrected chi connectivity index (χ2v) is 17.7. The van der Waals surface area contributed by atoms with Crippen LogP contribution in [0.3, 0.4) is 0 Å². The van der Waals surface area contributed by atoms with Crippen molar-refractivity contribution in [1.82, 2.24) is 0 Å². The molecule has 3 unspecified atom stereocenters. The summed E-state index contributed by atoms with van der Waals surface area (Å²) in [5, 5.41) is 10.9. The Labute approximate surface area is 316 Å². The number of hydrogen-bond donors (Lipinski definition) is 1. The monoisotopic (exact) mass is 718 g/mol. The molecule has 3 aromatic rings. The number of fused-ring (bicyclic) bond motifs is 4. The molecule has 0 amide bonds. The average Bonchev–Trinajstić information content (AvgIpc) is 3.97. The maximum Gasteiger partial charge on any atom is 0.358 e. The maximum absolute atomic E-state index is 13.0. The van der Waals surface area contributed by atoms with Gasteiger partial charge in [-0.05, 0) is 134 Å². The summed E-state index contributed by atoms with van der Waals surface area (Å²) in [5.74, 6) is 3.36. The number of carbonyl (C=O) groups excluding carboxylic acids is 1. The van der Waals surface area contributed by atoms with Gasteiger partial charge in [0.05, 0.1) is 5.41 Å². The third-order valence-electron chi connectivity index (χ3n) is 14.1. The van der Waals surface area contributed by atoms with Crippen LogP contribution in [0.25, 0.3) is 0 Å². The average molecular weight is 719 g/mol. The number of ether oxygens (including phenoxy) is 4. The largest absolute Gasteiger partial charge is 0.488 e. The van der Waals surface area contributed by atoms with E-state index in [9.17, 15) is 9.90 Å². The van der Waals surface area contributed by atoms with Crippen LogP contribution in [0.5, 0.6) is 17.2 Å². The van der Waals surface area contributed by atoms with Crippen molar-refractivity contribution in [2.75, 3.05) is 0 Å². The Hall–Kier alpha value is -4.03. The van der Waals surface area contributed by atoms with Gasteiger partial charge in [0.15, 0.2) is 0 Å². The fourth-order valence-electron chi connectivity index (χ4n) is 9.55. The minimum atomic E-state index is -1.46. The number of aliphatic hydroxyl groups is 1. The summed E-state index contributed by atoms with van der Waals surface area (Å²) < 4.78 is 24.1. The van der Waals surface area contributed by atoms with Gasteiger partial charge in [0.2, 0.25) is 0 Å². The van der Waals surface area contributed by atoms with Crippen LogP contribution in [0.15, 0.2) is 90.7 Å². The molecule has 4 aliphatic carbocycles. The lowest BCUT2D eigenvalue weighted by Gasteiger charge is -2.31. The van der Waals surface area contributed by atoms with E-state index >= 15 is 0 Å². The van der Waals surface area contributed by atoms with Crippen LogP contribution < -0.4 is 14.2 Å². The highest BCUT2D eigenvalue weighted by molar-refractivity contribution is 5.78. The molecule has 4 aliphatic rings. The van der Waals surface area contributed by atoms with Crippen molar-refractivity contribution < 1.29 is 28.8 Å². The minimum Gasteiger partial charge on any atom is -0.488 e. The van der Waals surface area contributed by atoms with Gasteiger partial charge in [-0.2, -0.15) is 0 Å². The van der Waals surface area contributed by atoms with Crippen LogP contribution in [0.1, 0.15) is 124 Å². The normalized spacial score (nSPS) is 25.5. The van der Waals surface area contributed by atoms with Crippen molar-refractivity contribution in [3.05, 3.63) is 113 Å². The van der Waals surface area contributed by atoms with Crippen molar-refractivity contribution >= 4 is 5.97 Å². The second-order valence-electron chi connectivity index (χ2n) is 17.7. The molecule has 6 heteroatoms. The third-order valence-corrected chi connectivity index (χ3v) is 14.1. The van der Waals surface area contributed by atoms with E-state index in [4.69, 9.17) is 18.9 Å². The van der Waals surface area contributed by atoms with Crippen molar-refractivity contribution in [3.63, 3.8) is 0 Å². The highest BCUT2D eigenvalue weighted by Crippen LogP contribution is 2.96. The van der Waals surface area contributed by atoms with Crippen LogP contribution >= 0.6 is 0 Å². The predicted molar refractivity (Wildman–Crippen MR) is 209 cm³/mol. The van der Waals surface area contributed by atoms with Gasteiger partial charge in [0.25, 0.3) is 0 Å². The fourth-order valence-corrected chi connectivity index (χ4v) is 9.55. The summed E-state index contributed by atoms with van der Waals surface area (Å²) in [5.41, 5.74) is 4.15. The van der Waals surface area contributed by atoms with Gasteiger partial charge in [0, 0.05) is 16.2 Å². The Bertz CT molecular complexity index is 1930. The summed E-state index contributed by atoms with van der Waals surface area (Å²) >= 11 is 0. The summed E-state index contributed by atoms with van der Waals surface area (Å²) in [6, 6.07) is 22.5. The van der Waals surface area contributed by atoms with Crippen LogP contribution in [-0.4, -0.2) is 23.2 Å². The summed E-state index contributed by atoms with van der Waals surface area (Å²) in [4.78, 5) is 13.0. The molecular weight excluding hydrogens is 661 g/mol. The Morgan fingerprint density at radius 2 is 1.36 bits per heavy atom. The molecule has 0 saturated heterocycles. The molecule has 2 fully saturated rings. The standard InChI is InChI=1S/C47H58O6/c1-11-44(9,12-2)40(48)50-35-25-26-46-38(28-35)39(46)47(46)29-42(5,6)36-24-23-34(27-37(36)47)52-41(49)51-32-19-15-30(16-20-32)43(7,8)31-17-21-33(22-18-31)53-45(10,13-3)14-4/h15-28,38-39,41,49H,11-14,29H2,1-10H3/t38?,39?,41-,46?,47-/m0/s1. The molecule has 7 rings (SSSR count). The summed E-state index contributed by atoms with van der Waals surface area (Å²) in [7, 11) is 0. The Morgan fingerprint density at radius 3 is 1.92 bits per heavy atom. The number of hydrogen-bond acceptors (Lipinski definition) is 6. The number of rotatable bonds is 14. The second kappa shape index (κ2) is 12.8. The topological polar surface area (TPSA) is 74.2 Å². The van der Waals surface area contributed by atoms with Crippen molar-refractivity contribution in [2.45, 2.75) is 130 Å². The number of allylic oxidation sites excluding steroid dienone is 3. The Balaban J connectivity index is 1.00. The van der Waals surface area contributed by atoms with Crippen molar-refractivity contribution in [2.24, 2.45) is 22.7 Å². The minimum absolute atomic E-state index is 0.0148. The molecule has 53 heavy (non-hydrogen) atoms. The van der Waals surface area contributed by atoms with Gasteiger partial charge >= 0.3 is 12.4 Å². The zero-order chi connectivity index (χ0) is 38.2. The van der Waals surface area contributed by atoms with Gasteiger partial charge in [0.1, 0.15) is 28.6 Å². The first-order valence-corrected chi connectivity index (χ1v) is 19.7. The van der Waals surface area contributed by atoms with Gasteiger partial charge in [-0.25, -0.2) is 0 Å². The highest BCUT2D eigenvalue weighted by Gasteiger charge is 2.95. The summed E-state index contributed by atoms with van der Waals surface area (Å²) in [6.45, 7) is 20.1. The lowest BCUT2D eigenvalue weighted by molar-refractivity contribution is -0.160. The van der Waals surface area contributed by atoms with Crippen LogP contribution in [0.2, 0.25) is 0 Å². The molecule has 0 aromatic heterocycles. The van der Waals surface area contributed by atoms with Gasteiger partial charge in [-0.15, -0.1) is 0 Å². The molecule has 3 aromatic carbocycles. The first-order chi connectivity index (χ1) is 25.0. The Morgan fingerprint density at radius 1 is 0.792 bits per heavy atom. The van der Waals surface area contributed by atoms with E-state index in [2.05, 4.69) is 97.0 Å². The molecule has 2 saturated carbocycles. The molecule has 0 heterocycles. The van der Waals surface area contributed by atoms with Crippen LogP contribution in [-0.2, 0) is 25.8 Å². The zero-order valence-electron chi connectivity index (χ0n) is 33.3. The Kier molecular flexibility index (Phi) is 9.00. The fraction of sp³-hybridized carbons (Fsp3) is 0.511. The SMILES string of the molecule is CCC(C)(CC)Oc1ccc(C(C)(C)c2ccc(O[C@H](O)Oc3ccc4c(c3)[C@@]3(CC4(C)C)C4C5C=C(OC(=O)C(C)(CC)CC)C=CC543)cc2)cc1. The van der Waals surface area contributed by atoms with E-state index in [0.29, 0.717) is 29.1 Å². The van der Waals surface area contributed by atoms with E-state index in [1.54, 1.807) is 0 Å². The molecular formula is C47H58O6. The first kappa shape index (κ1) is 37.3. The lowest BCUT2D eigenvalue weighted by atomic mass is 9.73. The molecule has 5 atom stereocenters. The maximum atomic E-state index is 13.0. The first-order valence-electron chi connectivity index (χ1n) is 19.7. The van der Waals surface area contributed by atoms with E-state index < -0.39 is 11.9 Å². The van der Waals surface area contributed by atoms with Gasteiger partial charge in [-0.1, -0.05) is 91.8 Å². The van der Waals surface area contributed by atoms with Crippen LogP contribution in [0.4, 0.5) is 0 Å². The lowest BCUT2D eigenvalue weighted by Crippen LogP contribution is -2.30. The third kappa shape index (κ3) is 5.91. The summed E-state index contributed by atoms with van der Waals surface area (Å²) in [6.07, 6.45) is 11.0. The van der Waals surface area contributed by atoms with Gasteiger partial charge in [-0.3, -0.25) is 4.79 Å². The van der Waals surface area contributed by atoms with Crippen molar-refractivity contribution in [3.8, 4) is 17.2 Å².